The Morgan fingerprint density at radius 2 is 2.06 bits per heavy atom. The molecule has 0 atom stereocenters. The van der Waals surface area contributed by atoms with E-state index in [4.69, 9.17) is 0 Å². The van der Waals surface area contributed by atoms with Crippen LogP contribution in [0.3, 0.4) is 0 Å². The van der Waals surface area contributed by atoms with Crippen LogP contribution in [0.1, 0.15) is 10.4 Å². The van der Waals surface area contributed by atoms with Gasteiger partial charge in [0, 0.05) is 31.7 Å². The van der Waals surface area contributed by atoms with Crippen LogP contribution in [0.25, 0.3) is 11.0 Å². The Bertz CT molecular complexity index is 569. The highest BCUT2D eigenvalue weighted by Gasteiger charge is 2.20. The number of carbonyl (C=O) groups is 1. The Morgan fingerprint density at radius 1 is 1.28 bits per heavy atom. The summed E-state index contributed by atoms with van der Waals surface area (Å²) in [6.07, 6.45) is 1.65. The fourth-order valence-electron chi connectivity index (χ4n) is 2.26. The van der Waals surface area contributed by atoms with Crippen LogP contribution in [0, 0.1) is 0 Å². The highest BCUT2D eigenvalue weighted by atomic mass is 16.2. The van der Waals surface area contributed by atoms with Crippen LogP contribution in [0.2, 0.25) is 0 Å². The Balaban J connectivity index is 1.82. The molecule has 18 heavy (non-hydrogen) atoms. The number of hydrogen-bond acceptors (Lipinski definition) is 3. The molecule has 0 aliphatic carbocycles. The molecule has 5 heteroatoms. The lowest BCUT2D eigenvalue weighted by molar-refractivity contribution is 0.0664. The third kappa shape index (κ3) is 1.97. The zero-order valence-corrected chi connectivity index (χ0v) is 10.4. The van der Waals surface area contributed by atoms with E-state index in [-0.39, 0.29) is 5.91 Å². The molecule has 0 spiro atoms. The molecule has 3 rings (SSSR count). The second-order valence-electron chi connectivity index (χ2n) is 4.73. The van der Waals surface area contributed by atoms with Crippen molar-refractivity contribution in [1.82, 2.24) is 19.8 Å². The molecular weight excluding hydrogens is 228 g/mol. The molecule has 1 saturated heterocycles. The molecule has 5 nitrogen and oxygen atoms in total. The molecule has 1 aliphatic rings. The topological polar surface area (TPSA) is 52.2 Å². The van der Waals surface area contributed by atoms with Crippen molar-refractivity contribution < 1.29 is 4.79 Å². The van der Waals surface area contributed by atoms with Crippen molar-refractivity contribution in [2.75, 3.05) is 33.2 Å². The first-order chi connectivity index (χ1) is 8.74. The monoisotopic (exact) mass is 244 g/mol. The maximum absolute atomic E-state index is 12.3. The van der Waals surface area contributed by atoms with E-state index in [2.05, 4.69) is 21.9 Å². The van der Waals surface area contributed by atoms with E-state index >= 15 is 0 Å². The van der Waals surface area contributed by atoms with Gasteiger partial charge in [-0.3, -0.25) is 4.79 Å². The minimum atomic E-state index is 0.111. The molecule has 0 unspecified atom stereocenters. The minimum absolute atomic E-state index is 0.111. The SMILES string of the molecule is CN1CCN(C(=O)c2ccc3nc[nH]c3c2)CC1. The Morgan fingerprint density at radius 3 is 2.83 bits per heavy atom. The normalized spacial score (nSPS) is 17.3. The first-order valence-corrected chi connectivity index (χ1v) is 6.15. The zero-order chi connectivity index (χ0) is 12.5. The number of carbonyl (C=O) groups excluding carboxylic acids is 1. The van der Waals surface area contributed by atoms with Crippen LogP contribution in [-0.4, -0.2) is 58.9 Å². The number of fused-ring (bicyclic) bond motifs is 1. The summed E-state index contributed by atoms with van der Waals surface area (Å²) in [7, 11) is 2.08. The maximum Gasteiger partial charge on any atom is 0.254 e. The van der Waals surface area contributed by atoms with Gasteiger partial charge < -0.3 is 14.8 Å². The Labute approximate surface area is 105 Å². The van der Waals surface area contributed by atoms with Gasteiger partial charge in [0.15, 0.2) is 0 Å². The van der Waals surface area contributed by atoms with Crippen molar-refractivity contribution in [2.24, 2.45) is 0 Å². The van der Waals surface area contributed by atoms with Crippen molar-refractivity contribution in [3.8, 4) is 0 Å². The van der Waals surface area contributed by atoms with Gasteiger partial charge in [-0.15, -0.1) is 0 Å². The summed E-state index contributed by atoms with van der Waals surface area (Å²) >= 11 is 0. The van der Waals surface area contributed by atoms with Crippen LogP contribution in [0.4, 0.5) is 0 Å². The summed E-state index contributed by atoms with van der Waals surface area (Å²) in [6.45, 7) is 3.49. The number of rotatable bonds is 1. The van der Waals surface area contributed by atoms with E-state index < -0.39 is 0 Å². The molecule has 0 bridgehead atoms. The standard InChI is InChI=1S/C13H16N4O/c1-16-4-6-17(7-5-16)13(18)10-2-3-11-12(8-10)15-9-14-11/h2-3,8-9H,4-7H2,1H3,(H,14,15). The van der Waals surface area contributed by atoms with Crippen LogP contribution >= 0.6 is 0 Å². The highest BCUT2D eigenvalue weighted by Crippen LogP contribution is 2.14. The summed E-state index contributed by atoms with van der Waals surface area (Å²) in [4.78, 5) is 23.7. The molecule has 1 N–H and O–H groups in total. The van der Waals surface area contributed by atoms with Crippen molar-refractivity contribution in [3.05, 3.63) is 30.1 Å². The molecule has 1 amide bonds. The van der Waals surface area contributed by atoms with Gasteiger partial charge in [-0.1, -0.05) is 0 Å². The van der Waals surface area contributed by atoms with Gasteiger partial charge >= 0.3 is 0 Å². The lowest BCUT2D eigenvalue weighted by atomic mass is 10.1. The second kappa shape index (κ2) is 4.42. The molecule has 94 valence electrons. The summed E-state index contributed by atoms with van der Waals surface area (Å²) in [5.74, 6) is 0.111. The smallest absolute Gasteiger partial charge is 0.254 e. The minimum Gasteiger partial charge on any atom is -0.345 e. The van der Waals surface area contributed by atoms with Gasteiger partial charge in [-0.2, -0.15) is 0 Å². The van der Waals surface area contributed by atoms with Gasteiger partial charge in [-0.05, 0) is 25.2 Å². The molecular formula is C13H16N4O. The average molecular weight is 244 g/mol. The van der Waals surface area contributed by atoms with Gasteiger partial charge in [0.05, 0.1) is 17.4 Å². The third-order valence-corrected chi connectivity index (χ3v) is 3.46. The van der Waals surface area contributed by atoms with Crippen LogP contribution in [0.5, 0.6) is 0 Å². The number of hydrogen-bond donors (Lipinski definition) is 1. The molecule has 0 radical (unpaired) electrons. The number of aromatic nitrogens is 2. The largest absolute Gasteiger partial charge is 0.345 e. The predicted molar refractivity (Wildman–Crippen MR) is 69.5 cm³/mol. The predicted octanol–water partition coefficient (Wildman–Crippen LogP) is 0.950. The Kier molecular flexibility index (Phi) is 2.76. The number of benzene rings is 1. The van der Waals surface area contributed by atoms with Crippen molar-refractivity contribution >= 4 is 16.9 Å². The third-order valence-electron chi connectivity index (χ3n) is 3.46. The van der Waals surface area contributed by atoms with E-state index in [9.17, 15) is 4.79 Å². The number of likely N-dealkylation sites (N-methyl/N-ethyl adjacent to an activating group) is 1. The average Bonchev–Trinajstić information content (AvgIpc) is 2.86. The first-order valence-electron chi connectivity index (χ1n) is 6.15. The number of piperazine rings is 1. The van der Waals surface area contributed by atoms with Gasteiger partial charge in [0.1, 0.15) is 0 Å². The van der Waals surface area contributed by atoms with E-state index in [1.165, 1.54) is 0 Å². The number of amides is 1. The maximum atomic E-state index is 12.3. The fraction of sp³-hybridized carbons (Fsp3) is 0.385. The van der Waals surface area contributed by atoms with E-state index in [1.807, 2.05) is 23.1 Å². The number of imidazole rings is 1. The Hall–Kier alpha value is -1.88. The zero-order valence-electron chi connectivity index (χ0n) is 10.4. The lowest BCUT2D eigenvalue weighted by Gasteiger charge is -2.32. The summed E-state index contributed by atoms with van der Waals surface area (Å²) in [5, 5.41) is 0. The molecule has 2 heterocycles. The summed E-state index contributed by atoms with van der Waals surface area (Å²) in [6, 6.07) is 5.61. The molecule has 1 fully saturated rings. The van der Waals surface area contributed by atoms with E-state index in [1.54, 1.807) is 6.33 Å². The lowest BCUT2D eigenvalue weighted by Crippen LogP contribution is -2.47. The first kappa shape index (κ1) is 11.2. The number of aromatic amines is 1. The van der Waals surface area contributed by atoms with E-state index in [0.29, 0.717) is 0 Å². The molecule has 2 aromatic rings. The van der Waals surface area contributed by atoms with Gasteiger partial charge in [0.25, 0.3) is 5.91 Å². The van der Waals surface area contributed by atoms with Crippen LogP contribution in [0.15, 0.2) is 24.5 Å². The fourth-order valence-corrected chi connectivity index (χ4v) is 2.26. The van der Waals surface area contributed by atoms with Gasteiger partial charge in [-0.25, -0.2) is 4.98 Å². The quantitative estimate of drug-likeness (QED) is 0.812. The van der Waals surface area contributed by atoms with E-state index in [0.717, 1.165) is 42.8 Å². The molecule has 0 saturated carbocycles. The number of nitrogens with one attached hydrogen (secondary N) is 1. The summed E-state index contributed by atoms with van der Waals surface area (Å²) in [5.41, 5.74) is 2.54. The number of nitrogens with zero attached hydrogens (tertiary/aromatic N) is 3. The number of H-pyrrole nitrogens is 1. The molecule has 1 aromatic carbocycles. The van der Waals surface area contributed by atoms with Crippen LogP contribution in [-0.2, 0) is 0 Å². The molecule has 1 aliphatic heterocycles. The molecule has 1 aromatic heterocycles. The van der Waals surface area contributed by atoms with Crippen molar-refractivity contribution in [2.45, 2.75) is 0 Å². The van der Waals surface area contributed by atoms with Gasteiger partial charge in [0.2, 0.25) is 0 Å². The summed E-state index contributed by atoms with van der Waals surface area (Å²) < 4.78 is 0. The van der Waals surface area contributed by atoms with Crippen molar-refractivity contribution in [3.63, 3.8) is 0 Å². The highest BCUT2D eigenvalue weighted by molar-refractivity contribution is 5.97. The second-order valence-corrected chi connectivity index (χ2v) is 4.73. The van der Waals surface area contributed by atoms with Crippen LogP contribution < -0.4 is 0 Å². The van der Waals surface area contributed by atoms with Crippen molar-refractivity contribution in [1.29, 1.82) is 0 Å².